The van der Waals surface area contributed by atoms with E-state index in [9.17, 15) is 27.2 Å². The molecular weight excluding hydrogens is 264 g/mol. The molecule has 0 radical (unpaired) electrons. The molecule has 0 spiro atoms. The number of carbonyl (C=O) groups is 2. The van der Waals surface area contributed by atoms with Crippen LogP contribution in [0.2, 0.25) is 0 Å². The van der Waals surface area contributed by atoms with Crippen molar-refractivity contribution in [1.29, 1.82) is 0 Å². The zero-order valence-electron chi connectivity index (χ0n) is 10.2. The third-order valence-corrected chi connectivity index (χ3v) is 2.57. The van der Waals surface area contributed by atoms with Gasteiger partial charge in [-0.1, -0.05) is 13.3 Å². The number of Topliss-reactive ketones (excluding diaryl/α,β-unsaturated/α-hetero) is 2. The van der Waals surface area contributed by atoms with Crippen LogP contribution in [0.1, 0.15) is 43.0 Å². The monoisotopic (exact) mass is 276 g/mol. The van der Waals surface area contributed by atoms with E-state index in [1.165, 1.54) is 0 Å². The van der Waals surface area contributed by atoms with Crippen molar-refractivity contribution in [3.05, 3.63) is 34.9 Å². The molecule has 0 heterocycles. The Morgan fingerprint density at radius 2 is 1.68 bits per heavy atom. The maximum absolute atomic E-state index is 13.3. The van der Waals surface area contributed by atoms with Gasteiger partial charge >= 0.3 is 0 Å². The summed E-state index contributed by atoms with van der Waals surface area (Å²) in [4.78, 5) is 22.9. The second-order valence-corrected chi connectivity index (χ2v) is 4.09. The van der Waals surface area contributed by atoms with Crippen LogP contribution in [0.5, 0.6) is 0 Å². The van der Waals surface area contributed by atoms with Crippen LogP contribution in [0.15, 0.2) is 6.07 Å². The van der Waals surface area contributed by atoms with Crippen LogP contribution in [0.3, 0.4) is 0 Å². The molecule has 0 aromatic heterocycles. The van der Waals surface area contributed by atoms with Gasteiger partial charge in [0.15, 0.2) is 29.1 Å². The van der Waals surface area contributed by atoms with Gasteiger partial charge in [-0.25, -0.2) is 17.6 Å². The average Bonchev–Trinajstić information content (AvgIpc) is 2.37. The summed E-state index contributed by atoms with van der Waals surface area (Å²) in [6, 6.07) is 0.267. The molecule has 6 heteroatoms. The molecule has 0 aliphatic carbocycles. The number of rotatable bonds is 6. The SMILES string of the molecule is CCCCC(=O)CC(=O)c1cc(F)c(F)c(F)c1F. The quantitative estimate of drug-likeness (QED) is 0.262. The summed E-state index contributed by atoms with van der Waals surface area (Å²) < 4.78 is 51.8. The number of ketones is 2. The van der Waals surface area contributed by atoms with Crippen LogP contribution in [-0.4, -0.2) is 11.6 Å². The van der Waals surface area contributed by atoms with Crippen molar-refractivity contribution in [2.45, 2.75) is 32.6 Å². The minimum Gasteiger partial charge on any atom is -0.299 e. The molecule has 0 atom stereocenters. The first-order chi connectivity index (χ1) is 8.88. The van der Waals surface area contributed by atoms with Gasteiger partial charge in [0.25, 0.3) is 0 Å². The molecule has 1 aromatic rings. The molecule has 1 rings (SSSR count). The van der Waals surface area contributed by atoms with Gasteiger partial charge in [-0.2, -0.15) is 0 Å². The van der Waals surface area contributed by atoms with Crippen LogP contribution in [-0.2, 0) is 4.79 Å². The zero-order valence-corrected chi connectivity index (χ0v) is 10.2. The summed E-state index contributed by atoms with van der Waals surface area (Å²) >= 11 is 0. The number of unbranched alkanes of at least 4 members (excludes halogenated alkanes) is 1. The topological polar surface area (TPSA) is 34.1 Å². The lowest BCUT2D eigenvalue weighted by atomic mass is 10.0. The number of hydrogen-bond donors (Lipinski definition) is 0. The van der Waals surface area contributed by atoms with Gasteiger partial charge in [-0.15, -0.1) is 0 Å². The average molecular weight is 276 g/mol. The molecule has 0 saturated carbocycles. The molecule has 104 valence electrons. The van der Waals surface area contributed by atoms with Gasteiger partial charge in [0.05, 0.1) is 12.0 Å². The summed E-state index contributed by atoms with van der Waals surface area (Å²) in [7, 11) is 0. The largest absolute Gasteiger partial charge is 0.299 e. The Morgan fingerprint density at radius 1 is 1.05 bits per heavy atom. The molecule has 0 N–H and O–H groups in total. The highest BCUT2D eigenvalue weighted by atomic mass is 19.2. The molecule has 0 aliphatic heterocycles. The van der Waals surface area contributed by atoms with E-state index in [0.29, 0.717) is 6.42 Å². The molecule has 19 heavy (non-hydrogen) atoms. The molecule has 0 unspecified atom stereocenters. The fourth-order valence-corrected chi connectivity index (χ4v) is 1.51. The molecule has 2 nitrogen and oxygen atoms in total. The number of carbonyl (C=O) groups excluding carboxylic acids is 2. The first-order valence-corrected chi connectivity index (χ1v) is 5.76. The normalized spacial score (nSPS) is 10.6. The maximum atomic E-state index is 13.3. The lowest BCUT2D eigenvalue weighted by Gasteiger charge is -2.05. The third-order valence-electron chi connectivity index (χ3n) is 2.57. The fraction of sp³-hybridized carbons (Fsp3) is 0.385. The standard InChI is InChI=1S/C13H12F4O2/c1-2-3-4-7(18)5-10(19)8-6-9(14)12(16)13(17)11(8)15/h6H,2-5H2,1H3. The molecule has 0 amide bonds. The predicted octanol–water partition coefficient (Wildman–Crippen LogP) is 3.58. The first-order valence-electron chi connectivity index (χ1n) is 5.76. The maximum Gasteiger partial charge on any atom is 0.198 e. The van der Waals surface area contributed by atoms with Crippen LogP contribution < -0.4 is 0 Å². The lowest BCUT2D eigenvalue weighted by Crippen LogP contribution is -2.12. The third kappa shape index (κ3) is 3.62. The molecule has 0 fully saturated rings. The first kappa shape index (κ1) is 15.3. The van der Waals surface area contributed by atoms with Crippen molar-refractivity contribution in [2.75, 3.05) is 0 Å². The van der Waals surface area contributed by atoms with Gasteiger partial charge in [-0.3, -0.25) is 9.59 Å². The summed E-state index contributed by atoms with van der Waals surface area (Å²) in [5, 5.41) is 0. The van der Waals surface area contributed by atoms with Crippen LogP contribution in [0, 0.1) is 23.3 Å². The van der Waals surface area contributed by atoms with Gasteiger partial charge in [0.1, 0.15) is 5.78 Å². The highest BCUT2D eigenvalue weighted by Crippen LogP contribution is 2.20. The van der Waals surface area contributed by atoms with Crippen molar-refractivity contribution in [1.82, 2.24) is 0 Å². The van der Waals surface area contributed by atoms with E-state index in [1.807, 2.05) is 6.92 Å². The zero-order chi connectivity index (χ0) is 14.6. The second-order valence-electron chi connectivity index (χ2n) is 4.09. The molecule has 0 aliphatic rings. The van der Waals surface area contributed by atoms with E-state index in [4.69, 9.17) is 0 Å². The van der Waals surface area contributed by atoms with Crippen LogP contribution in [0.4, 0.5) is 17.6 Å². The Labute approximate surface area is 107 Å². The summed E-state index contributed by atoms with van der Waals surface area (Å²) in [5.41, 5.74) is -0.943. The van der Waals surface area contributed by atoms with E-state index in [-0.39, 0.29) is 12.5 Å². The van der Waals surface area contributed by atoms with Crippen molar-refractivity contribution in [3.8, 4) is 0 Å². The van der Waals surface area contributed by atoms with E-state index in [2.05, 4.69) is 0 Å². The smallest absolute Gasteiger partial charge is 0.198 e. The van der Waals surface area contributed by atoms with Gasteiger partial charge in [-0.05, 0) is 12.5 Å². The Balaban J connectivity index is 2.92. The highest BCUT2D eigenvalue weighted by molar-refractivity contribution is 6.08. The fourth-order valence-electron chi connectivity index (χ4n) is 1.51. The van der Waals surface area contributed by atoms with E-state index in [1.54, 1.807) is 0 Å². The highest BCUT2D eigenvalue weighted by Gasteiger charge is 2.23. The summed E-state index contributed by atoms with van der Waals surface area (Å²) in [6.07, 6.45) is 0.798. The number of halogens is 4. The van der Waals surface area contributed by atoms with Crippen molar-refractivity contribution in [3.63, 3.8) is 0 Å². The van der Waals surface area contributed by atoms with Crippen LogP contribution in [0.25, 0.3) is 0 Å². The number of benzene rings is 1. The van der Waals surface area contributed by atoms with Crippen molar-refractivity contribution >= 4 is 11.6 Å². The number of hydrogen-bond acceptors (Lipinski definition) is 2. The van der Waals surface area contributed by atoms with Crippen LogP contribution >= 0.6 is 0 Å². The Morgan fingerprint density at radius 3 is 2.26 bits per heavy atom. The van der Waals surface area contributed by atoms with Gasteiger partial charge < -0.3 is 0 Å². The van der Waals surface area contributed by atoms with Crippen molar-refractivity contribution < 1.29 is 27.2 Å². The molecule has 0 saturated heterocycles. The lowest BCUT2D eigenvalue weighted by molar-refractivity contribution is -0.118. The molecular formula is C13H12F4O2. The van der Waals surface area contributed by atoms with E-state index in [0.717, 1.165) is 6.42 Å². The molecule has 1 aromatic carbocycles. The Hall–Kier alpha value is -1.72. The van der Waals surface area contributed by atoms with Gasteiger partial charge in [0.2, 0.25) is 0 Å². The van der Waals surface area contributed by atoms with Crippen molar-refractivity contribution in [2.24, 2.45) is 0 Å². The Kier molecular flexibility index (Phi) is 5.20. The van der Waals surface area contributed by atoms with E-state index < -0.39 is 46.8 Å². The Bertz CT molecular complexity index is 512. The minimum absolute atomic E-state index is 0.135. The van der Waals surface area contributed by atoms with Gasteiger partial charge in [0, 0.05) is 6.42 Å². The summed E-state index contributed by atoms with van der Waals surface area (Å²) in [5.74, 6) is -8.97. The van der Waals surface area contributed by atoms with E-state index >= 15 is 0 Å². The second kappa shape index (κ2) is 6.45. The molecule has 0 bridgehead atoms. The predicted molar refractivity (Wildman–Crippen MR) is 59.8 cm³/mol. The minimum atomic E-state index is -2.05. The summed E-state index contributed by atoms with van der Waals surface area (Å²) in [6.45, 7) is 1.85.